The smallest absolute Gasteiger partial charge is 0.218 e. The van der Waals surface area contributed by atoms with Crippen LogP contribution in [0.25, 0.3) is 5.69 Å². The molecule has 0 aliphatic rings. The van der Waals surface area contributed by atoms with Gasteiger partial charge in [-0.3, -0.25) is 4.99 Å². The fraction of sp³-hybridized carbons (Fsp3) is 0.348. The number of pyridine rings is 1. The van der Waals surface area contributed by atoms with Gasteiger partial charge in [0.1, 0.15) is 0 Å². The number of para-hydroxylation sites is 1. The molecule has 7 nitrogen and oxygen atoms in total. The minimum Gasteiger partial charge on any atom is -0.477 e. The number of aromatic nitrogens is 3. The molecule has 0 bridgehead atoms. The fourth-order valence-electron chi connectivity index (χ4n) is 3.21. The van der Waals surface area contributed by atoms with Gasteiger partial charge in [-0.15, -0.1) is 0 Å². The van der Waals surface area contributed by atoms with Crippen molar-refractivity contribution in [1.82, 2.24) is 25.4 Å². The van der Waals surface area contributed by atoms with Gasteiger partial charge in [0.2, 0.25) is 5.88 Å². The third-order valence-corrected chi connectivity index (χ3v) is 4.64. The number of hydrogen-bond donors (Lipinski definition) is 2. The quantitative estimate of drug-likeness (QED) is 0.442. The van der Waals surface area contributed by atoms with Crippen LogP contribution in [0, 0.1) is 13.8 Å². The number of rotatable bonds is 8. The Morgan fingerprint density at radius 2 is 1.80 bits per heavy atom. The Morgan fingerprint density at radius 3 is 2.50 bits per heavy atom. The molecule has 0 aliphatic carbocycles. The molecule has 30 heavy (non-hydrogen) atoms. The largest absolute Gasteiger partial charge is 0.477 e. The van der Waals surface area contributed by atoms with Gasteiger partial charge in [0, 0.05) is 37.6 Å². The zero-order chi connectivity index (χ0) is 21.3. The summed E-state index contributed by atoms with van der Waals surface area (Å²) in [5.41, 5.74) is 5.31. The molecule has 2 aromatic heterocycles. The van der Waals surface area contributed by atoms with Crippen molar-refractivity contribution in [2.24, 2.45) is 4.99 Å². The molecule has 3 rings (SSSR count). The van der Waals surface area contributed by atoms with Gasteiger partial charge in [-0.05, 0) is 44.0 Å². The standard InChI is InChI=1S/C23H30N6O/c1-5-13-30-22-20(10-8-12-25-22)16-27-23(24-4)26-15-19-9-6-7-11-21(19)29-18(3)14-17(2)28-29/h6-12,14H,5,13,15-16H2,1-4H3,(H2,24,26,27). The monoisotopic (exact) mass is 406 g/mol. The topological polar surface area (TPSA) is 76.4 Å². The summed E-state index contributed by atoms with van der Waals surface area (Å²) >= 11 is 0. The van der Waals surface area contributed by atoms with Crippen LogP contribution in [0.5, 0.6) is 5.88 Å². The van der Waals surface area contributed by atoms with E-state index >= 15 is 0 Å². The van der Waals surface area contributed by atoms with Crippen molar-refractivity contribution < 1.29 is 4.74 Å². The Balaban J connectivity index is 1.66. The number of aliphatic imine (C=N–C) groups is 1. The van der Waals surface area contributed by atoms with Crippen LogP contribution in [-0.4, -0.2) is 34.4 Å². The first kappa shape index (κ1) is 21.4. The molecule has 0 saturated heterocycles. The summed E-state index contributed by atoms with van der Waals surface area (Å²) in [6.45, 7) is 8.01. The van der Waals surface area contributed by atoms with Crippen molar-refractivity contribution in [2.75, 3.05) is 13.7 Å². The number of ether oxygens (including phenoxy) is 1. The summed E-state index contributed by atoms with van der Waals surface area (Å²) in [5.74, 6) is 1.38. The second kappa shape index (κ2) is 10.4. The van der Waals surface area contributed by atoms with Gasteiger partial charge in [0.25, 0.3) is 0 Å². The summed E-state index contributed by atoms with van der Waals surface area (Å²) in [6.07, 6.45) is 2.69. The van der Waals surface area contributed by atoms with Crippen molar-refractivity contribution in [3.8, 4) is 11.6 Å². The van der Waals surface area contributed by atoms with E-state index in [1.54, 1.807) is 13.2 Å². The predicted octanol–water partition coefficient (Wildman–Crippen LogP) is 3.54. The Kier molecular flexibility index (Phi) is 7.43. The third-order valence-electron chi connectivity index (χ3n) is 4.64. The van der Waals surface area contributed by atoms with Gasteiger partial charge in [0.05, 0.1) is 18.0 Å². The molecule has 2 heterocycles. The van der Waals surface area contributed by atoms with Crippen molar-refractivity contribution in [1.29, 1.82) is 0 Å². The molecule has 0 spiro atoms. The second-order valence-electron chi connectivity index (χ2n) is 7.06. The molecule has 0 fully saturated rings. The van der Waals surface area contributed by atoms with E-state index in [0.717, 1.165) is 34.6 Å². The van der Waals surface area contributed by atoms with Crippen LogP contribution in [0.2, 0.25) is 0 Å². The Morgan fingerprint density at radius 1 is 1.07 bits per heavy atom. The van der Waals surface area contributed by atoms with Crippen molar-refractivity contribution in [3.05, 3.63) is 71.2 Å². The number of aryl methyl sites for hydroxylation is 2. The first-order valence-electron chi connectivity index (χ1n) is 10.2. The molecule has 0 saturated carbocycles. The van der Waals surface area contributed by atoms with Crippen molar-refractivity contribution in [2.45, 2.75) is 40.3 Å². The van der Waals surface area contributed by atoms with Gasteiger partial charge >= 0.3 is 0 Å². The maximum atomic E-state index is 5.74. The molecule has 1 aromatic carbocycles. The first-order chi connectivity index (χ1) is 14.6. The molecular weight excluding hydrogens is 376 g/mol. The van der Waals surface area contributed by atoms with Crippen LogP contribution in [0.1, 0.15) is 35.9 Å². The molecule has 0 unspecified atom stereocenters. The minimum atomic E-state index is 0.575. The summed E-state index contributed by atoms with van der Waals surface area (Å²) in [5, 5.41) is 11.4. The third kappa shape index (κ3) is 5.37. The Bertz CT molecular complexity index is 995. The van der Waals surface area contributed by atoms with E-state index in [4.69, 9.17) is 4.74 Å². The van der Waals surface area contributed by atoms with E-state index in [2.05, 4.69) is 57.8 Å². The highest BCUT2D eigenvalue weighted by Gasteiger charge is 2.10. The summed E-state index contributed by atoms with van der Waals surface area (Å²) in [6, 6.07) is 14.3. The van der Waals surface area contributed by atoms with E-state index in [1.807, 2.05) is 35.9 Å². The van der Waals surface area contributed by atoms with E-state index in [1.165, 1.54) is 0 Å². The van der Waals surface area contributed by atoms with Crippen LogP contribution < -0.4 is 15.4 Å². The summed E-state index contributed by atoms with van der Waals surface area (Å²) in [7, 11) is 1.76. The molecular formula is C23H30N6O. The first-order valence-corrected chi connectivity index (χ1v) is 10.2. The normalized spacial score (nSPS) is 11.4. The lowest BCUT2D eigenvalue weighted by molar-refractivity contribution is 0.301. The number of guanidine groups is 1. The average molecular weight is 407 g/mol. The second-order valence-corrected chi connectivity index (χ2v) is 7.06. The molecule has 7 heteroatoms. The lowest BCUT2D eigenvalue weighted by atomic mass is 10.1. The number of nitrogens with zero attached hydrogens (tertiary/aromatic N) is 4. The van der Waals surface area contributed by atoms with Gasteiger partial charge in [0.15, 0.2) is 5.96 Å². The van der Waals surface area contributed by atoms with Crippen molar-refractivity contribution >= 4 is 5.96 Å². The van der Waals surface area contributed by atoms with Gasteiger partial charge in [-0.1, -0.05) is 31.2 Å². The van der Waals surface area contributed by atoms with Gasteiger partial charge in [-0.2, -0.15) is 5.10 Å². The highest BCUT2D eigenvalue weighted by atomic mass is 16.5. The fourth-order valence-corrected chi connectivity index (χ4v) is 3.21. The molecule has 2 N–H and O–H groups in total. The van der Waals surface area contributed by atoms with Crippen LogP contribution in [-0.2, 0) is 13.1 Å². The molecule has 158 valence electrons. The van der Waals surface area contributed by atoms with Crippen LogP contribution in [0.15, 0.2) is 53.7 Å². The average Bonchev–Trinajstić information content (AvgIpc) is 3.11. The Labute approximate surface area is 178 Å². The zero-order valence-electron chi connectivity index (χ0n) is 18.1. The lowest BCUT2D eigenvalue weighted by Gasteiger charge is -2.16. The summed E-state index contributed by atoms with van der Waals surface area (Å²) in [4.78, 5) is 8.68. The molecule has 3 aromatic rings. The van der Waals surface area contributed by atoms with Crippen molar-refractivity contribution in [3.63, 3.8) is 0 Å². The van der Waals surface area contributed by atoms with Gasteiger partial charge < -0.3 is 15.4 Å². The highest BCUT2D eigenvalue weighted by molar-refractivity contribution is 5.79. The Hall–Kier alpha value is -3.35. The van der Waals surface area contributed by atoms with E-state index in [-0.39, 0.29) is 0 Å². The van der Waals surface area contributed by atoms with E-state index in [9.17, 15) is 0 Å². The number of hydrogen-bond acceptors (Lipinski definition) is 4. The highest BCUT2D eigenvalue weighted by Crippen LogP contribution is 2.17. The zero-order valence-corrected chi connectivity index (χ0v) is 18.1. The molecule has 0 aliphatic heterocycles. The molecule has 0 radical (unpaired) electrons. The predicted molar refractivity (Wildman–Crippen MR) is 120 cm³/mol. The molecule has 0 amide bonds. The van der Waals surface area contributed by atoms with E-state index in [0.29, 0.717) is 31.5 Å². The maximum Gasteiger partial charge on any atom is 0.218 e. The lowest BCUT2D eigenvalue weighted by Crippen LogP contribution is -2.36. The molecule has 0 atom stereocenters. The van der Waals surface area contributed by atoms with Crippen LogP contribution in [0.3, 0.4) is 0 Å². The number of benzene rings is 1. The van der Waals surface area contributed by atoms with E-state index < -0.39 is 0 Å². The summed E-state index contributed by atoms with van der Waals surface area (Å²) < 4.78 is 7.72. The van der Waals surface area contributed by atoms with Crippen LogP contribution >= 0.6 is 0 Å². The maximum absolute atomic E-state index is 5.74. The SMILES string of the molecule is CCCOc1ncccc1CNC(=NC)NCc1ccccc1-n1nc(C)cc1C. The minimum absolute atomic E-state index is 0.575. The number of nitrogens with one attached hydrogen (secondary N) is 2. The van der Waals surface area contributed by atoms with Crippen LogP contribution in [0.4, 0.5) is 0 Å². The van der Waals surface area contributed by atoms with Gasteiger partial charge in [-0.25, -0.2) is 9.67 Å².